The second kappa shape index (κ2) is 3.52. The molecule has 0 fully saturated rings. The number of halogens is 1. The second-order valence-corrected chi connectivity index (χ2v) is 3.29. The quantitative estimate of drug-likeness (QED) is 0.814. The Morgan fingerprint density at radius 1 is 1.53 bits per heavy atom. The van der Waals surface area contributed by atoms with Crippen molar-refractivity contribution in [2.45, 2.75) is 6.10 Å². The fraction of sp³-hybridized carbons (Fsp3) is 0.111. The molecule has 0 aliphatic carbocycles. The van der Waals surface area contributed by atoms with E-state index in [1.54, 1.807) is 18.2 Å². The highest BCUT2D eigenvalue weighted by Gasteiger charge is 2.22. The number of hydrogen-bond donors (Lipinski definition) is 2. The number of nitrogens with zero attached hydrogens (tertiary/aromatic N) is 1. The summed E-state index contributed by atoms with van der Waals surface area (Å²) >= 11 is 5.80. The number of hydrogen-bond acceptors (Lipinski definition) is 4. The van der Waals surface area contributed by atoms with Gasteiger partial charge in [0.1, 0.15) is 5.52 Å². The SMILES string of the molecule is O=C(O)C(O)c1nc2c(Cl)cccc2o1. The number of fused-ring (bicyclic) bond motifs is 1. The average Bonchev–Trinajstić information content (AvgIpc) is 2.61. The van der Waals surface area contributed by atoms with Gasteiger partial charge in [0.25, 0.3) is 0 Å². The van der Waals surface area contributed by atoms with E-state index >= 15 is 0 Å². The van der Waals surface area contributed by atoms with Crippen LogP contribution in [0.15, 0.2) is 22.6 Å². The number of aliphatic carboxylic acids is 1. The van der Waals surface area contributed by atoms with Crippen molar-refractivity contribution in [3.63, 3.8) is 0 Å². The molecule has 0 aliphatic rings. The lowest BCUT2D eigenvalue weighted by molar-refractivity contribution is -0.148. The van der Waals surface area contributed by atoms with Crippen molar-refractivity contribution in [2.75, 3.05) is 0 Å². The Morgan fingerprint density at radius 3 is 2.87 bits per heavy atom. The summed E-state index contributed by atoms with van der Waals surface area (Å²) < 4.78 is 5.05. The van der Waals surface area contributed by atoms with Crippen LogP contribution in [0.4, 0.5) is 0 Å². The highest BCUT2D eigenvalue weighted by atomic mass is 35.5. The summed E-state index contributed by atoms with van der Waals surface area (Å²) in [4.78, 5) is 14.3. The standard InChI is InChI=1S/C9H6ClNO4/c10-4-2-1-3-5-6(4)11-8(15-5)7(12)9(13)14/h1-3,7,12H,(H,13,14). The van der Waals surface area contributed by atoms with Gasteiger partial charge < -0.3 is 14.6 Å². The molecule has 1 heterocycles. The molecule has 2 rings (SSSR count). The maximum Gasteiger partial charge on any atom is 0.342 e. The summed E-state index contributed by atoms with van der Waals surface area (Å²) in [5.41, 5.74) is 0.687. The van der Waals surface area contributed by atoms with Crippen molar-refractivity contribution >= 4 is 28.7 Å². The van der Waals surface area contributed by atoms with E-state index < -0.39 is 12.1 Å². The summed E-state index contributed by atoms with van der Waals surface area (Å²) in [6, 6.07) is 4.84. The van der Waals surface area contributed by atoms with Gasteiger partial charge in [0.05, 0.1) is 5.02 Å². The van der Waals surface area contributed by atoms with Gasteiger partial charge in [-0.2, -0.15) is 0 Å². The zero-order chi connectivity index (χ0) is 11.0. The minimum atomic E-state index is -1.77. The molecule has 0 bridgehead atoms. The van der Waals surface area contributed by atoms with E-state index in [0.717, 1.165) is 0 Å². The van der Waals surface area contributed by atoms with Crippen molar-refractivity contribution < 1.29 is 19.4 Å². The van der Waals surface area contributed by atoms with Gasteiger partial charge in [0.2, 0.25) is 12.0 Å². The van der Waals surface area contributed by atoms with Crippen molar-refractivity contribution in [3.8, 4) is 0 Å². The van der Waals surface area contributed by atoms with Crippen LogP contribution in [-0.4, -0.2) is 21.2 Å². The minimum absolute atomic E-state index is 0.273. The van der Waals surface area contributed by atoms with Crippen LogP contribution in [0.1, 0.15) is 12.0 Å². The molecule has 1 aromatic carbocycles. The Hall–Kier alpha value is -1.59. The molecule has 1 aromatic heterocycles. The molecule has 6 heteroatoms. The molecule has 0 saturated carbocycles. The van der Waals surface area contributed by atoms with E-state index in [4.69, 9.17) is 21.1 Å². The van der Waals surface area contributed by atoms with Crippen molar-refractivity contribution in [1.29, 1.82) is 0 Å². The molecule has 0 spiro atoms. The number of aliphatic hydroxyl groups excluding tert-OH is 1. The lowest BCUT2D eigenvalue weighted by Crippen LogP contribution is -2.10. The highest BCUT2D eigenvalue weighted by molar-refractivity contribution is 6.34. The van der Waals surface area contributed by atoms with Crippen LogP contribution in [0, 0.1) is 0 Å². The van der Waals surface area contributed by atoms with Crippen LogP contribution < -0.4 is 0 Å². The molecule has 0 saturated heterocycles. The van der Waals surface area contributed by atoms with Crippen LogP contribution in [0.25, 0.3) is 11.1 Å². The first-order valence-corrected chi connectivity index (χ1v) is 4.43. The molecule has 2 aromatic rings. The first kappa shape index (κ1) is 9.95. The second-order valence-electron chi connectivity index (χ2n) is 2.88. The molecule has 5 nitrogen and oxygen atoms in total. The molecule has 15 heavy (non-hydrogen) atoms. The number of oxazole rings is 1. The van der Waals surface area contributed by atoms with Gasteiger partial charge in [-0.1, -0.05) is 17.7 Å². The summed E-state index contributed by atoms with van der Waals surface area (Å²) in [5.74, 6) is -1.69. The van der Waals surface area contributed by atoms with Crippen LogP contribution in [-0.2, 0) is 4.79 Å². The van der Waals surface area contributed by atoms with Crippen molar-refractivity contribution in [3.05, 3.63) is 29.1 Å². The molecule has 1 atom stereocenters. The first-order chi connectivity index (χ1) is 7.09. The highest BCUT2D eigenvalue weighted by Crippen LogP contribution is 2.25. The van der Waals surface area contributed by atoms with Gasteiger partial charge in [-0.3, -0.25) is 0 Å². The van der Waals surface area contributed by atoms with E-state index in [1.165, 1.54) is 0 Å². The molecule has 0 aliphatic heterocycles. The topological polar surface area (TPSA) is 83.6 Å². The fourth-order valence-corrected chi connectivity index (χ4v) is 1.36. The Balaban J connectivity index is 2.56. The Bertz CT molecular complexity index is 522. The van der Waals surface area contributed by atoms with Gasteiger partial charge in [0, 0.05) is 0 Å². The predicted molar refractivity (Wildman–Crippen MR) is 51.6 cm³/mol. The van der Waals surface area contributed by atoms with Crippen LogP contribution in [0.2, 0.25) is 5.02 Å². The Kier molecular flexibility index (Phi) is 2.34. The van der Waals surface area contributed by atoms with Crippen LogP contribution >= 0.6 is 11.6 Å². The average molecular weight is 228 g/mol. The zero-order valence-corrected chi connectivity index (χ0v) is 8.10. The summed E-state index contributed by atoms with van der Waals surface area (Å²) in [6.07, 6.45) is -1.77. The lowest BCUT2D eigenvalue weighted by Gasteiger charge is -1.96. The Labute approximate surface area is 88.9 Å². The number of aliphatic hydroxyl groups is 1. The van der Waals surface area contributed by atoms with Gasteiger partial charge in [-0.15, -0.1) is 0 Å². The number of para-hydroxylation sites is 1. The fourth-order valence-electron chi connectivity index (χ4n) is 1.15. The third-order valence-electron chi connectivity index (χ3n) is 1.85. The van der Waals surface area contributed by atoms with E-state index in [-0.39, 0.29) is 5.89 Å². The number of benzene rings is 1. The maximum atomic E-state index is 10.5. The smallest absolute Gasteiger partial charge is 0.342 e. The van der Waals surface area contributed by atoms with E-state index in [9.17, 15) is 9.90 Å². The van der Waals surface area contributed by atoms with Crippen LogP contribution in [0.5, 0.6) is 0 Å². The van der Waals surface area contributed by atoms with Crippen molar-refractivity contribution in [2.24, 2.45) is 0 Å². The summed E-state index contributed by atoms with van der Waals surface area (Å²) in [7, 11) is 0. The molecular formula is C9H6ClNO4. The summed E-state index contributed by atoms with van der Waals surface area (Å²) in [6.45, 7) is 0. The van der Waals surface area contributed by atoms with Crippen molar-refractivity contribution in [1.82, 2.24) is 4.98 Å². The zero-order valence-electron chi connectivity index (χ0n) is 7.35. The molecule has 0 amide bonds. The summed E-state index contributed by atoms with van der Waals surface area (Å²) in [5, 5.41) is 18.1. The third-order valence-corrected chi connectivity index (χ3v) is 2.16. The molecule has 0 radical (unpaired) electrons. The van der Waals surface area contributed by atoms with Crippen LogP contribution in [0.3, 0.4) is 0 Å². The van der Waals surface area contributed by atoms with E-state index in [0.29, 0.717) is 16.1 Å². The van der Waals surface area contributed by atoms with E-state index in [2.05, 4.69) is 4.98 Å². The van der Waals surface area contributed by atoms with E-state index in [1.807, 2.05) is 0 Å². The Morgan fingerprint density at radius 2 is 2.27 bits per heavy atom. The number of carbonyl (C=O) groups is 1. The molecular weight excluding hydrogens is 222 g/mol. The normalized spacial score (nSPS) is 12.9. The van der Waals surface area contributed by atoms with Gasteiger partial charge in [-0.05, 0) is 12.1 Å². The van der Waals surface area contributed by atoms with Gasteiger partial charge >= 0.3 is 5.97 Å². The number of carboxylic acid groups (broad SMARTS) is 1. The van der Waals surface area contributed by atoms with Gasteiger partial charge in [0.15, 0.2) is 5.58 Å². The lowest BCUT2D eigenvalue weighted by atomic mass is 10.3. The number of carboxylic acids is 1. The third kappa shape index (κ3) is 1.67. The molecule has 2 N–H and O–H groups in total. The monoisotopic (exact) mass is 227 g/mol. The largest absolute Gasteiger partial charge is 0.479 e. The number of aromatic nitrogens is 1. The molecule has 1 unspecified atom stereocenters. The first-order valence-electron chi connectivity index (χ1n) is 4.05. The van der Waals surface area contributed by atoms with Gasteiger partial charge in [-0.25, -0.2) is 9.78 Å². The number of rotatable bonds is 2. The predicted octanol–water partition coefficient (Wildman–Crippen LogP) is 1.60. The molecule has 78 valence electrons. The minimum Gasteiger partial charge on any atom is -0.479 e. The maximum absolute atomic E-state index is 10.5.